The average Bonchev–Trinajstić information content (AvgIpc) is 2.55. The minimum absolute atomic E-state index is 0.0844. The van der Waals surface area contributed by atoms with Gasteiger partial charge in [0.05, 0.1) is 0 Å². The van der Waals surface area contributed by atoms with Gasteiger partial charge in [0.2, 0.25) is 0 Å². The van der Waals surface area contributed by atoms with Crippen LogP contribution in [0, 0.1) is 0 Å². The lowest BCUT2D eigenvalue weighted by atomic mass is 9.72. The zero-order valence-electron chi connectivity index (χ0n) is 14.1. The predicted molar refractivity (Wildman–Crippen MR) is 92.9 cm³/mol. The summed E-state index contributed by atoms with van der Waals surface area (Å²) in [5, 5.41) is 0. The molecule has 2 aromatic rings. The SMILES string of the molecule is CCC(C)(C)c1cccc(C(C)(CC)c2ccccc2)c1. The third kappa shape index (κ3) is 3.05. The summed E-state index contributed by atoms with van der Waals surface area (Å²) in [6, 6.07) is 20.1. The highest BCUT2D eigenvalue weighted by Crippen LogP contribution is 2.37. The smallest absolute Gasteiger partial charge is 0.0172 e. The molecule has 0 radical (unpaired) electrons. The Morgan fingerprint density at radius 1 is 0.667 bits per heavy atom. The van der Waals surface area contributed by atoms with E-state index in [4.69, 9.17) is 0 Å². The van der Waals surface area contributed by atoms with Crippen molar-refractivity contribution < 1.29 is 0 Å². The standard InChI is InChI=1S/C21H28/c1-6-20(3,4)18-14-11-15-19(16-18)21(5,7-2)17-12-9-8-10-13-17/h8-16H,6-7H2,1-5H3. The maximum atomic E-state index is 2.42. The fraction of sp³-hybridized carbons (Fsp3) is 0.429. The second kappa shape index (κ2) is 6.05. The van der Waals surface area contributed by atoms with Crippen molar-refractivity contribution in [2.45, 2.75) is 58.3 Å². The quantitative estimate of drug-likeness (QED) is 0.621. The lowest BCUT2D eigenvalue weighted by Gasteiger charge is -2.32. The number of hydrogen-bond acceptors (Lipinski definition) is 0. The molecule has 0 saturated carbocycles. The number of benzene rings is 2. The fourth-order valence-corrected chi connectivity index (χ4v) is 2.87. The van der Waals surface area contributed by atoms with Gasteiger partial charge in [-0.05, 0) is 34.9 Å². The first kappa shape index (κ1) is 15.8. The summed E-state index contributed by atoms with van der Waals surface area (Å²) in [5.41, 5.74) is 4.59. The Labute approximate surface area is 130 Å². The van der Waals surface area contributed by atoms with Crippen LogP contribution < -0.4 is 0 Å². The molecule has 0 aromatic heterocycles. The summed E-state index contributed by atoms with van der Waals surface area (Å²) in [6.45, 7) is 11.6. The Bertz CT molecular complexity index is 580. The van der Waals surface area contributed by atoms with E-state index in [1.165, 1.54) is 16.7 Å². The van der Waals surface area contributed by atoms with Crippen molar-refractivity contribution in [2.24, 2.45) is 0 Å². The van der Waals surface area contributed by atoms with Gasteiger partial charge in [-0.2, -0.15) is 0 Å². The molecule has 0 heteroatoms. The van der Waals surface area contributed by atoms with Crippen molar-refractivity contribution in [3.05, 3.63) is 71.3 Å². The Hall–Kier alpha value is -1.56. The van der Waals surface area contributed by atoms with Crippen molar-refractivity contribution in [2.75, 3.05) is 0 Å². The summed E-state index contributed by atoms with van der Waals surface area (Å²) < 4.78 is 0. The van der Waals surface area contributed by atoms with Crippen molar-refractivity contribution in [3.63, 3.8) is 0 Å². The molecule has 0 N–H and O–H groups in total. The zero-order chi connectivity index (χ0) is 15.5. The Morgan fingerprint density at radius 3 is 1.81 bits per heavy atom. The van der Waals surface area contributed by atoms with E-state index in [0.717, 1.165) is 12.8 Å². The number of hydrogen-bond donors (Lipinski definition) is 0. The molecule has 0 heterocycles. The van der Waals surface area contributed by atoms with Crippen LogP contribution in [0.1, 0.15) is 64.2 Å². The van der Waals surface area contributed by atoms with Gasteiger partial charge in [0.25, 0.3) is 0 Å². The molecule has 0 fully saturated rings. The highest BCUT2D eigenvalue weighted by molar-refractivity contribution is 5.41. The van der Waals surface area contributed by atoms with E-state index in [1.807, 2.05) is 0 Å². The first-order valence-corrected chi connectivity index (χ1v) is 8.10. The third-order valence-electron chi connectivity index (χ3n) is 5.28. The summed E-state index contributed by atoms with van der Waals surface area (Å²) in [7, 11) is 0. The van der Waals surface area contributed by atoms with Crippen LogP contribution in [0.25, 0.3) is 0 Å². The molecule has 0 bridgehead atoms. The molecule has 0 spiro atoms. The van der Waals surface area contributed by atoms with Gasteiger partial charge in [-0.15, -0.1) is 0 Å². The molecule has 0 nitrogen and oxygen atoms in total. The summed E-state index contributed by atoms with van der Waals surface area (Å²) in [6.07, 6.45) is 2.26. The molecule has 0 aliphatic rings. The van der Waals surface area contributed by atoms with E-state index >= 15 is 0 Å². The van der Waals surface area contributed by atoms with Crippen LogP contribution in [-0.4, -0.2) is 0 Å². The first-order chi connectivity index (χ1) is 9.94. The van der Waals surface area contributed by atoms with Crippen LogP contribution in [0.15, 0.2) is 54.6 Å². The normalized spacial score (nSPS) is 14.7. The molecule has 0 saturated heterocycles. The van der Waals surface area contributed by atoms with Crippen LogP contribution in [-0.2, 0) is 10.8 Å². The van der Waals surface area contributed by atoms with Crippen LogP contribution in [0.5, 0.6) is 0 Å². The zero-order valence-corrected chi connectivity index (χ0v) is 14.1. The van der Waals surface area contributed by atoms with E-state index in [1.54, 1.807) is 0 Å². The molecule has 0 amide bonds. The molecule has 1 atom stereocenters. The highest BCUT2D eigenvalue weighted by atomic mass is 14.3. The molecule has 0 aliphatic heterocycles. The van der Waals surface area contributed by atoms with E-state index < -0.39 is 0 Å². The second-order valence-electron chi connectivity index (χ2n) is 6.87. The van der Waals surface area contributed by atoms with E-state index in [2.05, 4.69) is 89.2 Å². The average molecular weight is 280 g/mol. The fourth-order valence-electron chi connectivity index (χ4n) is 2.87. The van der Waals surface area contributed by atoms with Gasteiger partial charge in [0.15, 0.2) is 0 Å². The largest absolute Gasteiger partial charge is 0.0646 e. The molecular formula is C21H28. The maximum Gasteiger partial charge on any atom is 0.0172 e. The topological polar surface area (TPSA) is 0 Å². The van der Waals surface area contributed by atoms with Gasteiger partial charge in [0.1, 0.15) is 0 Å². The minimum atomic E-state index is 0.0844. The third-order valence-corrected chi connectivity index (χ3v) is 5.28. The maximum absolute atomic E-state index is 2.42. The summed E-state index contributed by atoms with van der Waals surface area (Å²) in [4.78, 5) is 0. The molecule has 21 heavy (non-hydrogen) atoms. The monoisotopic (exact) mass is 280 g/mol. The molecule has 2 aromatic carbocycles. The van der Waals surface area contributed by atoms with Gasteiger partial charge >= 0.3 is 0 Å². The molecule has 0 aliphatic carbocycles. The number of rotatable bonds is 5. The Kier molecular flexibility index (Phi) is 4.56. The van der Waals surface area contributed by atoms with Gasteiger partial charge in [-0.25, -0.2) is 0 Å². The van der Waals surface area contributed by atoms with E-state index in [-0.39, 0.29) is 10.8 Å². The van der Waals surface area contributed by atoms with Crippen molar-refractivity contribution in [1.82, 2.24) is 0 Å². The Balaban J connectivity index is 2.51. The van der Waals surface area contributed by atoms with Gasteiger partial charge < -0.3 is 0 Å². The summed E-state index contributed by atoms with van der Waals surface area (Å²) in [5.74, 6) is 0. The first-order valence-electron chi connectivity index (χ1n) is 8.10. The summed E-state index contributed by atoms with van der Waals surface area (Å²) >= 11 is 0. The van der Waals surface area contributed by atoms with Crippen molar-refractivity contribution >= 4 is 0 Å². The van der Waals surface area contributed by atoms with Gasteiger partial charge in [0, 0.05) is 5.41 Å². The molecule has 112 valence electrons. The van der Waals surface area contributed by atoms with Crippen LogP contribution in [0.3, 0.4) is 0 Å². The molecule has 2 rings (SSSR count). The minimum Gasteiger partial charge on any atom is -0.0646 e. The molecular weight excluding hydrogens is 252 g/mol. The second-order valence-corrected chi connectivity index (χ2v) is 6.87. The predicted octanol–water partition coefficient (Wildman–Crippen LogP) is 6.09. The van der Waals surface area contributed by atoms with Gasteiger partial charge in [-0.3, -0.25) is 0 Å². The van der Waals surface area contributed by atoms with Crippen LogP contribution in [0.2, 0.25) is 0 Å². The van der Waals surface area contributed by atoms with Crippen LogP contribution in [0.4, 0.5) is 0 Å². The van der Waals surface area contributed by atoms with Crippen molar-refractivity contribution in [3.8, 4) is 0 Å². The van der Waals surface area contributed by atoms with Gasteiger partial charge in [-0.1, -0.05) is 89.2 Å². The lowest BCUT2D eigenvalue weighted by Crippen LogP contribution is -2.24. The highest BCUT2D eigenvalue weighted by Gasteiger charge is 2.28. The van der Waals surface area contributed by atoms with Crippen molar-refractivity contribution in [1.29, 1.82) is 0 Å². The van der Waals surface area contributed by atoms with Crippen LogP contribution >= 0.6 is 0 Å². The Morgan fingerprint density at radius 2 is 1.24 bits per heavy atom. The molecule has 1 unspecified atom stereocenters. The van der Waals surface area contributed by atoms with E-state index in [9.17, 15) is 0 Å². The lowest BCUT2D eigenvalue weighted by molar-refractivity contribution is 0.500. The van der Waals surface area contributed by atoms with E-state index in [0.29, 0.717) is 0 Å².